The van der Waals surface area contributed by atoms with Crippen LogP contribution < -0.4 is 15.8 Å². The van der Waals surface area contributed by atoms with Crippen molar-refractivity contribution >= 4 is 23.1 Å². The van der Waals surface area contributed by atoms with Crippen LogP contribution in [0, 0.1) is 0 Å². The van der Waals surface area contributed by atoms with Gasteiger partial charge in [0.15, 0.2) is 5.84 Å². The van der Waals surface area contributed by atoms with Crippen LogP contribution in [0.5, 0.6) is 5.75 Å². The molecule has 0 aliphatic carbocycles. The first-order valence-corrected chi connectivity index (χ1v) is 5.57. The molecule has 0 aliphatic rings. The third kappa shape index (κ3) is 3.42. The number of nitrogens with two attached hydrogens (primary N) is 1. The van der Waals surface area contributed by atoms with Crippen LogP contribution in [0.4, 0.5) is 5.69 Å². The first-order chi connectivity index (χ1) is 8.12. The molecule has 1 atom stereocenters. The van der Waals surface area contributed by atoms with Gasteiger partial charge in [0.05, 0.1) is 23.9 Å². The number of anilines is 1. The van der Waals surface area contributed by atoms with E-state index in [4.69, 9.17) is 27.3 Å². The summed E-state index contributed by atoms with van der Waals surface area (Å²) < 4.78 is 5.10. The van der Waals surface area contributed by atoms with Crippen molar-refractivity contribution in [2.45, 2.75) is 19.4 Å². The minimum Gasteiger partial charge on any atom is -0.497 e. The van der Waals surface area contributed by atoms with Crippen LogP contribution in [0.25, 0.3) is 0 Å². The van der Waals surface area contributed by atoms with Crippen LogP contribution >= 0.6 is 11.6 Å². The molecule has 6 heteroatoms. The molecular weight excluding hydrogens is 242 g/mol. The van der Waals surface area contributed by atoms with E-state index in [1.54, 1.807) is 25.3 Å². The van der Waals surface area contributed by atoms with Gasteiger partial charge in [0.1, 0.15) is 5.75 Å². The second-order valence-corrected chi connectivity index (χ2v) is 3.88. The smallest absolute Gasteiger partial charge is 0.161 e. The first kappa shape index (κ1) is 13.4. The van der Waals surface area contributed by atoms with Gasteiger partial charge in [-0.05, 0) is 18.6 Å². The number of nitrogens with one attached hydrogen (secondary N) is 1. The first-order valence-electron chi connectivity index (χ1n) is 5.19. The number of amidine groups is 1. The quantitative estimate of drug-likeness (QED) is 0.327. The molecule has 17 heavy (non-hydrogen) atoms. The number of ether oxygens (including phenoxy) is 1. The molecule has 0 saturated heterocycles. The van der Waals surface area contributed by atoms with E-state index >= 15 is 0 Å². The van der Waals surface area contributed by atoms with Crippen LogP contribution in [0.3, 0.4) is 0 Å². The van der Waals surface area contributed by atoms with E-state index in [9.17, 15) is 0 Å². The lowest BCUT2D eigenvalue weighted by molar-refractivity contribution is 0.316. The van der Waals surface area contributed by atoms with Crippen LogP contribution in [0.2, 0.25) is 5.02 Å². The van der Waals surface area contributed by atoms with Crippen molar-refractivity contribution in [3.05, 3.63) is 23.2 Å². The maximum Gasteiger partial charge on any atom is 0.161 e. The van der Waals surface area contributed by atoms with E-state index in [0.717, 1.165) is 0 Å². The van der Waals surface area contributed by atoms with Gasteiger partial charge >= 0.3 is 0 Å². The van der Waals surface area contributed by atoms with E-state index in [1.165, 1.54) is 0 Å². The minimum absolute atomic E-state index is 0.117. The number of nitrogens with zero attached hydrogens (tertiary/aromatic N) is 1. The van der Waals surface area contributed by atoms with Gasteiger partial charge in [-0.1, -0.05) is 23.7 Å². The molecule has 0 bridgehead atoms. The summed E-state index contributed by atoms with van der Waals surface area (Å²) in [6.07, 6.45) is 0.670. The number of oxime groups is 1. The highest BCUT2D eigenvalue weighted by molar-refractivity contribution is 6.33. The zero-order valence-electron chi connectivity index (χ0n) is 9.77. The highest BCUT2D eigenvalue weighted by atomic mass is 35.5. The van der Waals surface area contributed by atoms with Crippen molar-refractivity contribution < 1.29 is 9.94 Å². The van der Waals surface area contributed by atoms with Gasteiger partial charge < -0.3 is 21.0 Å². The monoisotopic (exact) mass is 257 g/mol. The van der Waals surface area contributed by atoms with E-state index < -0.39 is 0 Å². The largest absolute Gasteiger partial charge is 0.497 e. The lowest BCUT2D eigenvalue weighted by Crippen LogP contribution is -2.35. The summed E-state index contributed by atoms with van der Waals surface area (Å²) in [4.78, 5) is 0. The molecule has 0 heterocycles. The van der Waals surface area contributed by atoms with Crippen molar-refractivity contribution in [1.82, 2.24) is 0 Å². The summed E-state index contributed by atoms with van der Waals surface area (Å²) in [5.41, 5.74) is 6.24. The molecule has 0 aliphatic heterocycles. The second kappa shape index (κ2) is 6.20. The molecular formula is C11H16ClN3O2. The van der Waals surface area contributed by atoms with E-state index in [1.807, 2.05) is 6.92 Å². The Morgan fingerprint density at radius 3 is 2.88 bits per heavy atom. The standard InChI is InChI=1S/C11H16ClN3O2/c1-3-9(11(13)15-16)14-10-6-7(17-2)4-5-8(10)12/h4-6,9,14,16H,3H2,1-2H3,(H2,13,15). The lowest BCUT2D eigenvalue weighted by Gasteiger charge is -2.18. The molecule has 5 nitrogen and oxygen atoms in total. The molecule has 0 amide bonds. The van der Waals surface area contributed by atoms with Gasteiger partial charge in [0.25, 0.3) is 0 Å². The fraction of sp³-hybridized carbons (Fsp3) is 0.364. The van der Waals surface area contributed by atoms with Gasteiger partial charge in [-0.3, -0.25) is 0 Å². The molecule has 1 aromatic rings. The van der Waals surface area contributed by atoms with Crippen LogP contribution in [0.15, 0.2) is 23.4 Å². The third-order valence-electron chi connectivity index (χ3n) is 2.38. The Morgan fingerprint density at radius 1 is 1.65 bits per heavy atom. The number of benzene rings is 1. The molecule has 4 N–H and O–H groups in total. The molecule has 0 spiro atoms. The predicted octanol–water partition coefficient (Wildman–Crippen LogP) is 2.29. The number of hydrogen-bond donors (Lipinski definition) is 3. The van der Waals surface area contributed by atoms with Crippen LogP contribution in [0.1, 0.15) is 13.3 Å². The third-order valence-corrected chi connectivity index (χ3v) is 2.71. The maximum absolute atomic E-state index is 8.65. The highest BCUT2D eigenvalue weighted by Gasteiger charge is 2.13. The lowest BCUT2D eigenvalue weighted by atomic mass is 10.2. The fourth-order valence-corrected chi connectivity index (χ4v) is 1.56. The molecule has 1 unspecified atom stereocenters. The van der Waals surface area contributed by atoms with E-state index in [2.05, 4.69) is 10.5 Å². The Bertz CT molecular complexity index is 410. The summed E-state index contributed by atoms with van der Waals surface area (Å²) in [5.74, 6) is 0.803. The highest BCUT2D eigenvalue weighted by Crippen LogP contribution is 2.27. The summed E-state index contributed by atoms with van der Waals surface area (Å²) in [6.45, 7) is 1.92. The molecule has 1 rings (SSSR count). The molecule has 0 saturated carbocycles. The summed E-state index contributed by atoms with van der Waals surface area (Å²) in [7, 11) is 1.58. The Hall–Kier alpha value is -1.62. The van der Waals surface area contributed by atoms with E-state index in [-0.39, 0.29) is 11.9 Å². The SMILES string of the molecule is CCC(Nc1cc(OC)ccc1Cl)C(N)=NO. The molecule has 1 aromatic carbocycles. The van der Waals surface area contributed by atoms with Gasteiger partial charge in [-0.25, -0.2) is 0 Å². The number of hydrogen-bond acceptors (Lipinski definition) is 4. The fourth-order valence-electron chi connectivity index (χ4n) is 1.38. The van der Waals surface area contributed by atoms with Gasteiger partial charge in [-0.2, -0.15) is 0 Å². The van der Waals surface area contributed by atoms with Crippen LogP contribution in [-0.4, -0.2) is 24.2 Å². The Labute approximate surface area is 105 Å². The van der Waals surface area contributed by atoms with Crippen LogP contribution in [-0.2, 0) is 0 Å². The Balaban J connectivity index is 2.92. The number of methoxy groups -OCH3 is 1. The van der Waals surface area contributed by atoms with Crippen molar-refractivity contribution in [2.24, 2.45) is 10.9 Å². The van der Waals surface area contributed by atoms with Gasteiger partial charge in [0.2, 0.25) is 0 Å². The van der Waals surface area contributed by atoms with Crippen molar-refractivity contribution in [1.29, 1.82) is 0 Å². The Morgan fingerprint density at radius 2 is 2.35 bits per heavy atom. The topological polar surface area (TPSA) is 79.9 Å². The molecule has 94 valence electrons. The average molecular weight is 258 g/mol. The van der Waals surface area contributed by atoms with E-state index in [0.29, 0.717) is 22.9 Å². The normalized spacial score (nSPS) is 13.2. The Kier molecular flexibility index (Phi) is 4.90. The maximum atomic E-state index is 8.65. The number of halogens is 1. The van der Waals surface area contributed by atoms with Crippen molar-refractivity contribution in [3.8, 4) is 5.75 Å². The summed E-state index contributed by atoms with van der Waals surface area (Å²) in [6, 6.07) is 4.97. The van der Waals surface area contributed by atoms with Gasteiger partial charge in [0, 0.05) is 6.07 Å². The predicted molar refractivity (Wildman–Crippen MR) is 69.1 cm³/mol. The average Bonchev–Trinajstić information content (AvgIpc) is 2.36. The zero-order valence-corrected chi connectivity index (χ0v) is 10.5. The zero-order chi connectivity index (χ0) is 12.8. The van der Waals surface area contributed by atoms with Gasteiger partial charge in [-0.15, -0.1) is 0 Å². The molecule has 0 fully saturated rings. The van der Waals surface area contributed by atoms with Crippen molar-refractivity contribution in [3.63, 3.8) is 0 Å². The minimum atomic E-state index is -0.274. The second-order valence-electron chi connectivity index (χ2n) is 3.48. The number of rotatable bonds is 5. The summed E-state index contributed by atoms with van der Waals surface area (Å²) in [5, 5.41) is 15.3. The molecule has 0 radical (unpaired) electrons. The summed E-state index contributed by atoms with van der Waals surface area (Å²) >= 11 is 6.04. The van der Waals surface area contributed by atoms with Crippen molar-refractivity contribution in [2.75, 3.05) is 12.4 Å². The molecule has 0 aromatic heterocycles.